The third kappa shape index (κ3) is 7.50. The van der Waals surface area contributed by atoms with Gasteiger partial charge in [0.2, 0.25) is 0 Å². The van der Waals surface area contributed by atoms with Crippen LogP contribution in [0.3, 0.4) is 0 Å². The summed E-state index contributed by atoms with van der Waals surface area (Å²) in [6.07, 6.45) is 4.41. The summed E-state index contributed by atoms with van der Waals surface area (Å²) < 4.78 is 0. The van der Waals surface area contributed by atoms with Crippen LogP contribution < -0.4 is 9.80 Å². The summed E-state index contributed by atoms with van der Waals surface area (Å²) in [6, 6.07) is 75.0. The predicted molar refractivity (Wildman–Crippen MR) is 233 cm³/mol. The highest BCUT2D eigenvalue weighted by Gasteiger charge is 2.15. The summed E-state index contributed by atoms with van der Waals surface area (Å²) >= 11 is 0. The molecule has 3 nitrogen and oxygen atoms in total. The minimum Gasteiger partial charge on any atom is -0.337 e. The lowest BCUT2D eigenvalue weighted by Gasteiger charge is -2.25. The Bertz CT molecular complexity index is 2650. The van der Waals surface area contributed by atoms with Crippen molar-refractivity contribution in [1.82, 2.24) is 4.98 Å². The summed E-state index contributed by atoms with van der Waals surface area (Å²) in [4.78, 5) is 9.72. The number of rotatable bonds is 10. The normalized spacial score (nSPS) is 11.3. The van der Waals surface area contributed by atoms with Crippen LogP contribution in [0.5, 0.6) is 0 Å². The van der Waals surface area contributed by atoms with Crippen LogP contribution in [0.25, 0.3) is 45.0 Å². The van der Waals surface area contributed by atoms with Gasteiger partial charge in [-0.25, -0.2) is 4.98 Å². The van der Waals surface area contributed by atoms with E-state index in [1.54, 1.807) is 0 Å². The van der Waals surface area contributed by atoms with E-state index in [2.05, 4.69) is 222 Å². The molecule has 0 amide bonds. The summed E-state index contributed by atoms with van der Waals surface area (Å²) in [5.74, 6) is 0.877. The molecule has 55 heavy (non-hydrogen) atoms. The van der Waals surface area contributed by atoms with Gasteiger partial charge in [0, 0.05) is 34.9 Å². The number of nitrogens with zero attached hydrogens (tertiary/aromatic N) is 3. The maximum atomic E-state index is 5.16. The lowest BCUT2D eigenvalue weighted by atomic mass is 10.0. The SMILES string of the molecule is C(=Cc1ccc2cc(-c3cccc(N(c4ccccc4)c4ccccc4)n3)ccc2c1)c1ccc2cc(CN(c3ccccc3)c3ccccc3)ccc2c1. The maximum absolute atomic E-state index is 5.16. The van der Waals surface area contributed by atoms with E-state index in [0.29, 0.717) is 0 Å². The quantitative estimate of drug-likeness (QED) is 0.132. The van der Waals surface area contributed by atoms with Gasteiger partial charge in [0.1, 0.15) is 5.82 Å². The monoisotopic (exact) mass is 705 g/mol. The number of hydrogen-bond acceptors (Lipinski definition) is 3. The highest BCUT2D eigenvalue weighted by atomic mass is 15.2. The van der Waals surface area contributed by atoms with E-state index >= 15 is 0 Å². The fourth-order valence-corrected chi connectivity index (χ4v) is 7.24. The summed E-state index contributed by atoms with van der Waals surface area (Å²) in [6.45, 7) is 0.791. The molecular formula is C52H39N3. The largest absolute Gasteiger partial charge is 0.337 e. The number of fused-ring (bicyclic) bond motifs is 2. The molecule has 9 rings (SSSR count). The Morgan fingerprint density at radius 1 is 0.382 bits per heavy atom. The first-order valence-electron chi connectivity index (χ1n) is 18.7. The van der Waals surface area contributed by atoms with Gasteiger partial charge in [-0.1, -0.05) is 140 Å². The zero-order valence-corrected chi connectivity index (χ0v) is 30.4. The summed E-state index contributed by atoms with van der Waals surface area (Å²) in [5, 5.41) is 4.86. The topological polar surface area (TPSA) is 19.4 Å². The van der Waals surface area contributed by atoms with Gasteiger partial charge in [0.05, 0.1) is 5.69 Å². The molecule has 9 aromatic rings. The van der Waals surface area contributed by atoms with Crippen LogP contribution in [0.4, 0.5) is 28.6 Å². The van der Waals surface area contributed by atoms with Crippen LogP contribution >= 0.6 is 0 Å². The van der Waals surface area contributed by atoms with Crippen molar-refractivity contribution in [2.75, 3.05) is 9.80 Å². The first-order chi connectivity index (χ1) is 27.2. The zero-order valence-electron chi connectivity index (χ0n) is 30.4. The molecule has 262 valence electrons. The van der Waals surface area contributed by atoms with Crippen molar-refractivity contribution < 1.29 is 0 Å². The minimum atomic E-state index is 0.791. The Kier molecular flexibility index (Phi) is 9.41. The Balaban J connectivity index is 0.930. The fourth-order valence-electron chi connectivity index (χ4n) is 7.24. The van der Waals surface area contributed by atoms with Crippen molar-refractivity contribution in [2.45, 2.75) is 6.54 Å². The molecule has 0 fully saturated rings. The molecule has 0 radical (unpaired) electrons. The van der Waals surface area contributed by atoms with E-state index in [4.69, 9.17) is 4.98 Å². The van der Waals surface area contributed by atoms with Gasteiger partial charge in [-0.05, 0) is 123 Å². The minimum absolute atomic E-state index is 0.791. The fraction of sp³-hybridized carbons (Fsp3) is 0.0192. The smallest absolute Gasteiger partial charge is 0.138 e. The Labute approximate surface area is 322 Å². The van der Waals surface area contributed by atoms with E-state index in [0.717, 1.165) is 35.0 Å². The Morgan fingerprint density at radius 2 is 0.855 bits per heavy atom. The number of aromatic nitrogens is 1. The molecule has 0 spiro atoms. The van der Waals surface area contributed by atoms with E-state index in [9.17, 15) is 0 Å². The van der Waals surface area contributed by atoms with Crippen molar-refractivity contribution >= 4 is 62.3 Å². The van der Waals surface area contributed by atoms with E-state index in [1.165, 1.54) is 49.6 Å². The highest BCUT2D eigenvalue weighted by molar-refractivity contribution is 5.91. The second-order valence-electron chi connectivity index (χ2n) is 13.7. The van der Waals surface area contributed by atoms with Crippen LogP contribution in [0.2, 0.25) is 0 Å². The van der Waals surface area contributed by atoms with Gasteiger partial charge in [-0.3, -0.25) is 4.90 Å². The van der Waals surface area contributed by atoms with Gasteiger partial charge in [0.15, 0.2) is 0 Å². The van der Waals surface area contributed by atoms with Gasteiger partial charge < -0.3 is 4.90 Å². The van der Waals surface area contributed by atoms with Crippen molar-refractivity contribution in [3.8, 4) is 11.3 Å². The third-order valence-corrected chi connectivity index (χ3v) is 10.0. The first-order valence-corrected chi connectivity index (χ1v) is 18.7. The molecule has 0 saturated carbocycles. The average Bonchev–Trinajstić information content (AvgIpc) is 3.26. The first kappa shape index (κ1) is 33.6. The molecule has 0 aliphatic rings. The molecule has 0 bridgehead atoms. The summed E-state index contributed by atoms with van der Waals surface area (Å²) in [7, 11) is 0. The molecule has 3 heteroatoms. The number of hydrogen-bond donors (Lipinski definition) is 0. The molecule has 8 aromatic carbocycles. The van der Waals surface area contributed by atoms with Crippen LogP contribution in [0.1, 0.15) is 16.7 Å². The molecule has 0 N–H and O–H groups in total. The van der Waals surface area contributed by atoms with Crippen molar-refractivity contribution in [2.24, 2.45) is 0 Å². The summed E-state index contributed by atoms with van der Waals surface area (Å²) in [5.41, 5.74) is 10.1. The van der Waals surface area contributed by atoms with Gasteiger partial charge in [0.25, 0.3) is 0 Å². The number of para-hydroxylation sites is 4. The number of pyridine rings is 1. The second-order valence-corrected chi connectivity index (χ2v) is 13.7. The van der Waals surface area contributed by atoms with Crippen molar-refractivity contribution in [3.63, 3.8) is 0 Å². The molecule has 1 aromatic heterocycles. The second kappa shape index (κ2) is 15.4. The van der Waals surface area contributed by atoms with Crippen LogP contribution in [0.15, 0.2) is 212 Å². The molecule has 0 saturated heterocycles. The Morgan fingerprint density at radius 3 is 1.42 bits per heavy atom. The lowest BCUT2D eigenvalue weighted by molar-refractivity contribution is 0.978. The van der Waals surface area contributed by atoms with E-state index in [-0.39, 0.29) is 0 Å². The average molecular weight is 706 g/mol. The Hall–Kier alpha value is -7.23. The molecule has 0 aliphatic heterocycles. The number of benzene rings is 8. The van der Waals surface area contributed by atoms with Gasteiger partial charge >= 0.3 is 0 Å². The highest BCUT2D eigenvalue weighted by Crippen LogP contribution is 2.35. The number of anilines is 5. The van der Waals surface area contributed by atoms with Crippen molar-refractivity contribution in [1.29, 1.82) is 0 Å². The van der Waals surface area contributed by atoms with Crippen LogP contribution in [-0.2, 0) is 6.54 Å². The van der Waals surface area contributed by atoms with Crippen LogP contribution in [-0.4, -0.2) is 4.98 Å². The maximum Gasteiger partial charge on any atom is 0.138 e. The zero-order chi connectivity index (χ0) is 36.8. The molecule has 0 unspecified atom stereocenters. The predicted octanol–water partition coefficient (Wildman–Crippen LogP) is 14.0. The van der Waals surface area contributed by atoms with Gasteiger partial charge in [-0.15, -0.1) is 0 Å². The molecule has 0 aliphatic carbocycles. The molecular weight excluding hydrogens is 667 g/mol. The van der Waals surface area contributed by atoms with Gasteiger partial charge in [-0.2, -0.15) is 0 Å². The molecule has 0 atom stereocenters. The van der Waals surface area contributed by atoms with E-state index in [1.807, 2.05) is 12.1 Å². The lowest BCUT2D eigenvalue weighted by Crippen LogP contribution is -2.16. The van der Waals surface area contributed by atoms with Crippen LogP contribution in [0, 0.1) is 0 Å². The standard InChI is InChI=1S/C52H39N3/c1-5-14-47(15-6-1)54(48-16-7-2-8-17-48)38-41-28-31-42-34-39(26-29-43(42)36-41)24-25-40-27-30-45-37-46(33-32-44(45)35-40)51-22-13-23-52(53-51)55(49-18-9-3-10-19-49)50-20-11-4-12-21-50/h1-37H,38H2. The van der Waals surface area contributed by atoms with Crippen molar-refractivity contribution in [3.05, 3.63) is 229 Å². The molecule has 1 heterocycles. The van der Waals surface area contributed by atoms with E-state index < -0.39 is 0 Å². The third-order valence-electron chi connectivity index (χ3n) is 10.0.